The van der Waals surface area contributed by atoms with E-state index in [0.717, 1.165) is 10.8 Å². The van der Waals surface area contributed by atoms with Crippen LogP contribution >= 0.6 is 11.8 Å². The molecule has 12 heavy (non-hydrogen) atoms. The summed E-state index contributed by atoms with van der Waals surface area (Å²) in [7, 11) is 0. The van der Waals surface area contributed by atoms with Crippen molar-refractivity contribution in [3.8, 4) is 0 Å². The topological polar surface area (TPSA) is 58.0 Å². The Balaban J connectivity index is 2.60. The van der Waals surface area contributed by atoms with Crippen LogP contribution in [-0.4, -0.2) is 34.5 Å². The second-order valence-corrected chi connectivity index (χ2v) is 2.92. The van der Waals surface area contributed by atoms with Gasteiger partial charge in [0.15, 0.2) is 0 Å². The Hall–Kier alpha value is -0.810. The second kappa shape index (κ2) is 4.95. The normalized spacial score (nSPS) is 9.83. The summed E-state index contributed by atoms with van der Waals surface area (Å²) in [5.41, 5.74) is 0. The zero-order valence-corrected chi connectivity index (χ0v) is 7.64. The lowest BCUT2D eigenvalue weighted by Crippen LogP contribution is -2.06. The molecule has 0 saturated carbocycles. The molecule has 0 fully saturated rings. The van der Waals surface area contributed by atoms with Gasteiger partial charge in [-0.15, -0.1) is 11.8 Å². The lowest BCUT2D eigenvalue weighted by Gasteiger charge is -2.02. The monoisotopic (exact) mass is 185 g/mol. The summed E-state index contributed by atoms with van der Waals surface area (Å²) in [6, 6.07) is 1.85. The third-order valence-electron chi connectivity index (χ3n) is 1.27. The summed E-state index contributed by atoms with van der Waals surface area (Å²) in [6.07, 6.45) is 3.46. The molecule has 0 spiro atoms. The highest BCUT2D eigenvalue weighted by Gasteiger charge is 1.95. The highest BCUT2D eigenvalue weighted by atomic mass is 32.2. The molecule has 1 heterocycles. The Bertz CT molecular complexity index is 244. The van der Waals surface area contributed by atoms with E-state index < -0.39 is 0 Å². The van der Waals surface area contributed by atoms with E-state index in [1.54, 1.807) is 11.8 Å². The highest BCUT2D eigenvalue weighted by Crippen LogP contribution is 2.12. The van der Waals surface area contributed by atoms with Crippen LogP contribution in [0.1, 0.15) is 0 Å². The molecular weight excluding hydrogens is 174 g/mol. The Morgan fingerprint density at radius 2 is 2.42 bits per heavy atom. The van der Waals surface area contributed by atoms with Crippen LogP contribution in [0, 0.1) is 0 Å². The molecule has 0 aliphatic rings. The van der Waals surface area contributed by atoms with Crippen LogP contribution in [-0.2, 0) is 0 Å². The predicted octanol–water partition coefficient (Wildman–Crippen LogP) is 0.603. The maximum Gasteiger partial charge on any atom is 0.130 e. The first kappa shape index (κ1) is 9.28. The third-order valence-corrected chi connectivity index (χ3v) is 1.91. The van der Waals surface area contributed by atoms with Crippen LogP contribution in [0.15, 0.2) is 17.4 Å². The molecule has 5 heteroatoms. The van der Waals surface area contributed by atoms with Crippen molar-refractivity contribution in [2.24, 2.45) is 0 Å². The number of thioether (sulfide) groups is 1. The molecule has 4 nitrogen and oxygen atoms in total. The average Bonchev–Trinajstić information content (AvgIpc) is 2.15. The summed E-state index contributed by atoms with van der Waals surface area (Å²) in [5, 5.41) is 12.4. The lowest BCUT2D eigenvalue weighted by molar-refractivity contribution is 0.311. The average molecular weight is 185 g/mol. The Morgan fingerprint density at radius 3 is 3.08 bits per heavy atom. The molecule has 1 aromatic heterocycles. The molecule has 66 valence electrons. The summed E-state index contributed by atoms with van der Waals surface area (Å²) < 4.78 is 0. The van der Waals surface area contributed by atoms with Gasteiger partial charge in [0.1, 0.15) is 17.2 Å². The molecule has 2 N–H and O–H groups in total. The van der Waals surface area contributed by atoms with E-state index in [4.69, 9.17) is 5.11 Å². The van der Waals surface area contributed by atoms with Crippen LogP contribution in [0.3, 0.4) is 0 Å². The van der Waals surface area contributed by atoms with Gasteiger partial charge in [-0.05, 0) is 6.26 Å². The summed E-state index contributed by atoms with van der Waals surface area (Å²) in [4.78, 5) is 7.99. The van der Waals surface area contributed by atoms with Gasteiger partial charge in [0.2, 0.25) is 0 Å². The van der Waals surface area contributed by atoms with Crippen molar-refractivity contribution in [1.82, 2.24) is 9.97 Å². The first-order valence-corrected chi connectivity index (χ1v) is 4.80. The molecule has 0 amide bonds. The third kappa shape index (κ3) is 2.67. The maximum absolute atomic E-state index is 8.54. The van der Waals surface area contributed by atoms with E-state index in [-0.39, 0.29) is 6.61 Å². The van der Waals surface area contributed by atoms with Crippen LogP contribution in [0.25, 0.3) is 0 Å². The summed E-state index contributed by atoms with van der Waals surface area (Å²) in [6.45, 7) is 0.628. The van der Waals surface area contributed by atoms with Gasteiger partial charge < -0.3 is 10.4 Å². The quantitative estimate of drug-likeness (QED) is 0.531. The van der Waals surface area contributed by atoms with Gasteiger partial charge in [-0.1, -0.05) is 0 Å². The molecule has 0 bridgehead atoms. The van der Waals surface area contributed by atoms with Crippen molar-refractivity contribution in [2.45, 2.75) is 5.03 Å². The van der Waals surface area contributed by atoms with E-state index in [1.165, 1.54) is 6.33 Å². The van der Waals surface area contributed by atoms with Gasteiger partial charge in [-0.3, -0.25) is 0 Å². The van der Waals surface area contributed by atoms with E-state index in [9.17, 15) is 0 Å². The SMILES string of the molecule is CSc1cc(NCCO)ncn1. The zero-order valence-electron chi connectivity index (χ0n) is 6.82. The van der Waals surface area contributed by atoms with Gasteiger partial charge in [-0.25, -0.2) is 9.97 Å². The van der Waals surface area contributed by atoms with Gasteiger partial charge in [0, 0.05) is 12.6 Å². The summed E-state index contributed by atoms with van der Waals surface area (Å²) >= 11 is 1.56. The minimum atomic E-state index is 0.110. The zero-order chi connectivity index (χ0) is 8.81. The first-order chi connectivity index (χ1) is 5.86. The molecule has 0 saturated heterocycles. The standard InChI is InChI=1S/C7H11N3OS/c1-12-7-4-6(8-2-3-11)9-5-10-7/h4-5,11H,2-3H2,1H3,(H,8,9,10). The van der Waals surface area contributed by atoms with E-state index in [2.05, 4.69) is 15.3 Å². The highest BCUT2D eigenvalue weighted by molar-refractivity contribution is 7.98. The number of hydrogen-bond acceptors (Lipinski definition) is 5. The largest absolute Gasteiger partial charge is 0.395 e. The number of nitrogens with one attached hydrogen (secondary N) is 1. The second-order valence-electron chi connectivity index (χ2n) is 2.10. The fourth-order valence-electron chi connectivity index (χ4n) is 0.732. The van der Waals surface area contributed by atoms with Gasteiger partial charge in [0.05, 0.1) is 6.61 Å². The molecule has 0 aliphatic heterocycles. The first-order valence-electron chi connectivity index (χ1n) is 3.57. The van der Waals surface area contributed by atoms with Gasteiger partial charge in [0.25, 0.3) is 0 Å². The van der Waals surface area contributed by atoms with Crippen molar-refractivity contribution in [3.63, 3.8) is 0 Å². The molecular formula is C7H11N3OS. The van der Waals surface area contributed by atoms with Crippen LogP contribution in [0.2, 0.25) is 0 Å². The van der Waals surface area contributed by atoms with Crippen molar-refractivity contribution >= 4 is 17.6 Å². The van der Waals surface area contributed by atoms with Crippen molar-refractivity contribution in [3.05, 3.63) is 12.4 Å². The maximum atomic E-state index is 8.54. The van der Waals surface area contributed by atoms with E-state index in [1.807, 2.05) is 12.3 Å². The van der Waals surface area contributed by atoms with Crippen molar-refractivity contribution in [2.75, 3.05) is 24.7 Å². The smallest absolute Gasteiger partial charge is 0.130 e. The Kier molecular flexibility index (Phi) is 3.83. The molecule has 0 aromatic carbocycles. The number of rotatable bonds is 4. The minimum Gasteiger partial charge on any atom is -0.395 e. The van der Waals surface area contributed by atoms with E-state index in [0.29, 0.717) is 6.54 Å². The van der Waals surface area contributed by atoms with Crippen LogP contribution in [0.5, 0.6) is 0 Å². The van der Waals surface area contributed by atoms with Gasteiger partial charge >= 0.3 is 0 Å². The van der Waals surface area contributed by atoms with Crippen LogP contribution in [0.4, 0.5) is 5.82 Å². The van der Waals surface area contributed by atoms with Crippen molar-refractivity contribution < 1.29 is 5.11 Å². The molecule has 0 radical (unpaired) electrons. The predicted molar refractivity (Wildman–Crippen MR) is 49.4 cm³/mol. The number of aromatic nitrogens is 2. The fraction of sp³-hybridized carbons (Fsp3) is 0.429. The Labute approximate surface area is 75.4 Å². The number of hydrogen-bond donors (Lipinski definition) is 2. The fourth-order valence-corrected chi connectivity index (χ4v) is 1.11. The van der Waals surface area contributed by atoms with Crippen molar-refractivity contribution in [1.29, 1.82) is 0 Å². The number of anilines is 1. The molecule has 0 unspecified atom stereocenters. The lowest BCUT2D eigenvalue weighted by atomic mass is 10.5. The Morgan fingerprint density at radius 1 is 1.58 bits per heavy atom. The van der Waals surface area contributed by atoms with E-state index >= 15 is 0 Å². The summed E-state index contributed by atoms with van der Waals surface area (Å²) in [5.74, 6) is 0.753. The molecule has 0 aliphatic carbocycles. The van der Waals surface area contributed by atoms with Gasteiger partial charge in [-0.2, -0.15) is 0 Å². The number of nitrogens with zero attached hydrogens (tertiary/aromatic N) is 2. The number of aliphatic hydroxyl groups is 1. The van der Waals surface area contributed by atoms with Crippen LogP contribution < -0.4 is 5.32 Å². The molecule has 0 atom stereocenters. The minimum absolute atomic E-state index is 0.110. The molecule has 1 aromatic rings. The molecule has 1 rings (SSSR count). The number of aliphatic hydroxyl groups excluding tert-OH is 1.